The van der Waals surface area contributed by atoms with E-state index in [9.17, 15) is 14.7 Å². The van der Waals surface area contributed by atoms with Gasteiger partial charge in [0.05, 0.1) is 11.6 Å². The maximum Gasteiger partial charge on any atom is 0.295 e. The first-order valence-electron chi connectivity index (χ1n) is 11.4. The molecule has 3 aromatic carbocycles. The summed E-state index contributed by atoms with van der Waals surface area (Å²) in [7, 11) is 0. The molecular formula is C29H26N2O3. The zero-order chi connectivity index (χ0) is 23.8. The van der Waals surface area contributed by atoms with Gasteiger partial charge in [0, 0.05) is 29.2 Å². The number of carbonyl (C=O) groups excluding carboxylic acids is 2. The highest BCUT2D eigenvalue weighted by atomic mass is 16.3. The number of hydrogen-bond donors (Lipinski definition) is 2. The number of likely N-dealkylation sites (tertiary alicyclic amines) is 1. The SMILES string of the molecule is Cc1ccc(C(O)=C2C(=O)C(=O)N(CCc3c[nH]c4ccccc34)C2c2ccc(C)cc2)cc1. The maximum atomic E-state index is 13.2. The van der Waals surface area contributed by atoms with Gasteiger partial charge in [0.15, 0.2) is 0 Å². The molecule has 0 bridgehead atoms. The number of hydrogen-bond acceptors (Lipinski definition) is 3. The summed E-state index contributed by atoms with van der Waals surface area (Å²) in [6.07, 6.45) is 2.54. The Labute approximate surface area is 198 Å². The molecule has 0 radical (unpaired) electrons. The minimum Gasteiger partial charge on any atom is -0.507 e. The number of rotatable bonds is 5. The number of aromatic amines is 1. The lowest BCUT2D eigenvalue weighted by Gasteiger charge is -2.25. The van der Waals surface area contributed by atoms with E-state index in [0.717, 1.165) is 33.2 Å². The van der Waals surface area contributed by atoms with E-state index in [2.05, 4.69) is 4.98 Å². The monoisotopic (exact) mass is 450 g/mol. The summed E-state index contributed by atoms with van der Waals surface area (Å²) in [6, 6.07) is 22.4. The van der Waals surface area contributed by atoms with Crippen LogP contribution in [0.4, 0.5) is 0 Å². The number of nitrogens with one attached hydrogen (secondary N) is 1. The highest BCUT2D eigenvalue weighted by Gasteiger charge is 2.45. The number of aliphatic hydroxyl groups is 1. The molecule has 1 aromatic heterocycles. The number of aryl methyl sites for hydroxylation is 2. The number of aliphatic hydroxyl groups excluding tert-OH is 1. The van der Waals surface area contributed by atoms with Gasteiger partial charge in [-0.3, -0.25) is 9.59 Å². The lowest BCUT2D eigenvalue weighted by Crippen LogP contribution is -2.31. The number of aromatic nitrogens is 1. The summed E-state index contributed by atoms with van der Waals surface area (Å²) in [6.45, 7) is 4.31. The van der Waals surface area contributed by atoms with Crippen LogP contribution in [-0.2, 0) is 16.0 Å². The molecule has 1 saturated heterocycles. The van der Waals surface area contributed by atoms with Crippen LogP contribution in [-0.4, -0.2) is 33.2 Å². The fraction of sp³-hybridized carbons (Fsp3) is 0.172. The van der Waals surface area contributed by atoms with E-state index < -0.39 is 17.7 Å². The predicted molar refractivity (Wildman–Crippen MR) is 133 cm³/mol. The number of nitrogens with zero attached hydrogens (tertiary/aromatic N) is 1. The van der Waals surface area contributed by atoms with Crippen molar-refractivity contribution in [3.63, 3.8) is 0 Å². The Bertz CT molecular complexity index is 1410. The summed E-state index contributed by atoms with van der Waals surface area (Å²) < 4.78 is 0. The molecule has 4 aromatic rings. The number of fused-ring (bicyclic) bond motifs is 1. The second-order valence-electron chi connectivity index (χ2n) is 8.88. The smallest absolute Gasteiger partial charge is 0.295 e. The molecule has 5 rings (SSSR count). The molecule has 1 aliphatic rings. The zero-order valence-electron chi connectivity index (χ0n) is 19.2. The van der Waals surface area contributed by atoms with E-state index in [4.69, 9.17) is 0 Å². The van der Waals surface area contributed by atoms with Crippen molar-refractivity contribution in [2.75, 3.05) is 6.54 Å². The number of ketones is 1. The van der Waals surface area contributed by atoms with E-state index in [1.54, 1.807) is 17.0 Å². The van der Waals surface area contributed by atoms with E-state index in [-0.39, 0.29) is 11.3 Å². The van der Waals surface area contributed by atoms with Gasteiger partial charge in [0.25, 0.3) is 11.7 Å². The van der Waals surface area contributed by atoms with Gasteiger partial charge < -0.3 is 15.0 Å². The Morgan fingerprint density at radius 3 is 2.26 bits per heavy atom. The van der Waals surface area contributed by atoms with Crippen molar-refractivity contribution < 1.29 is 14.7 Å². The molecule has 34 heavy (non-hydrogen) atoms. The molecule has 2 heterocycles. The third-order valence-electron chi connectivity index (χ3n) is 6.56. The second kappa shape index (κ2) is 8.67. The largest absolute Gasteiger partial charge is 0.507 e. The van der Waals surface area contributed by atoms with E-state index >= 15 is 0 Å². The quantitative estimate of drug-likeness (QED) is 0.241. The minimum atomic E-state index is -0.650. The average Bonchev–Trinajstić information content (AvgIpc) is 3.37. The van der Waals surface area contributed by atoms with Crippen LogP contribution in [0.1, 0.15) is 33.9 Å². The van der Waals surface area contributed by atoms with Crippen molar-refractivity contribution in [3.05, 3.63) is 112 Å². The van der Waals surface area contributed by atoms with Gasteiger partial charge in [0.1, 0.15) is 5.76 Å². The molecule has 5 heteroatoms. The molecule has 1 atom stereocenters. The number of benzene rings is 3. The van der Waals surface area contributed by atoms with Crippen LogP contribution in [0.3, 0.4) is 0 Å². The Morgan fingerprint density at radius 2 is 1.56 bits per heavy atom. The van der Waals surface area contributed by atoms with Gasteiger partial charge in [-0.15, -0.1) is 0 Å². The fourth-order valence-electron chi connectivity index (χ4n) is 4.65. The van der Waals surface area contributed by atoms with Gasteiger partial charge >= 0.3 is 0 Å². The Hall–Kier alpha value is -4.12. The Kier molecular flexibility index (Phi) is 5.54. The van der Waals surface area contributed by atoms with Crippen LogP contribution in [0.25, 0.3) is 16.7 Å². The lowest BCUT2D eigenvalue weighted by molar-refractivity contribution is -0.139. The first-order valence-corrected chi connectivity index (χ1v) is 11.4. The summed E-state index contributed by atoms with van der Waals surface area (Å²) >= 11 is 0. The second-order valence-corrected chi connectivity index (χ2v) is 8.88. The molecule has 0 spiro atoms. The van der Waals surface area contributed by atoms with Crippen LogP contribution in [0.15, 0.2) is 84.6 Å². The summed E-state index contributed by atoms with van der Waals surface area (Å²) in [5, 5.41) is 12.3. The van der Waals surface area contributed by atoms with Crippen molar-refractivity contribution in [1.29, 1.82) is 0 Å². The third kappa shape index (κ3) is 3.79. The van der Waals surface area contributed by atoms with Crippen molar-refractivity contribution >= 4 is 28.4 Å². The minimum absolute atomic E-state index is 0.136. The highest BCUT2D eigenvalue weighted by Crippen LogP contribution is 2.39. The van der Waals surface area contributed by atoms with Gasteiger partial charge in [-0.1, -0.05) is 77.9 Å². The van der Waals surface area contributed by atoms with E-state index in [1.807, 2.05) is 80.7 Å². The fourth-order valence-corrected chi connectivity index (χ4v) is 4.65. The molecule has 1 amide bonds. The van der Waals surface area contributed by atoms with Gasteiger partial charge in [-0.05, 0) is 37.5 Å². The lowest BCUT2D eigenvalue weighted by atomic mass is 9.94. The summed E-state index contributed by atoms with van der Waals surface area (Å²) in [5.74, 6) is -1.37. The average molecular weight is 451 g/mol. The first-order chi connectivity index (χ1) is 16.4. The predicted octanol–water partition coefficient (Wildman–Crippen LogP) is 5.45. The van der Waals surface area contributed by atoms with Gasteiger partial charge in [0.2, 0.25) is 0 Å². The number of Topliss-reactive ketones (excluding diaryl/α,β-unsaturated/α-hetero) is 1. The number of H-pyrrole nitrogens is 1. The topological polar surface area (TPSA) is 73.4 Å². The number of carbonyl (C=O) groups is 2. The maximum absolute atomic E-state index is 13.2. The Morgan fingerprint density at radius 1 is 0.912 bits per heavy atom. The van der Waals surface area contributed by atoms with Gasteiger partial charge in [-0.25, -0.2) is 0 Å². The third-order valence-corrected chi connectivity index (χ3v) is 6.56. The van der Waals surface area contributed by atoms with Crippen molar-refractivity contribution in [2.45, 2.75) is 26.3 Å². The van der Waals surface area contributed by atoms with Crippen molar-refractivity contribution in [1.82, 2.24) is 9.88 Å². The molecule has 1 unspecified atom stereocenters. The van der Waals surface area contributed by atoms with Crippen LogP contribution >= 0.6 is 0 Å². The molecule has 0 saturated carbocycles. The van der Waals surface area contributed by atoms with Crippen LogP contribution in [0, 0.1) is 13.8 Å². The first kappa shape index (κ1) is 21.7. The molecule has 0 aliphatic carbocycles. The molecule has 1 aliphatic heterocycles. The molecule has 5 nitrogen and oxygen atoms in total. The zero-order valence-corrected chi connectivity index (χ0v) is 19.2. The summed E-state index contributed by atoms with van der Waals surface area (Å²) in [4.78, 5) is 31.3. The highest BCUT2D eigenvalue weighted by molar-refractivity contribution is 6.46. The van der Waals surface area contributed by atoms with Crippen LogP contribution < -0.4 is 0 Å². The molecule has 1 fully saturated rings. The molecule has 2 N–H and O–H groups in total. The van der Waals surface area contributed by atoms with Crippen LogP contribution in [0.5, 0.6) is 0 Å². The van der Waals surface area contributed by atoms with Crippen LogP contribution in [0.2, 0.25) is 0 Å². The number of para-hydroxylation sites is 1. The molecular weight excluding hydrogens is 424 g/mol. The van der Waals surface area contributed by atoms with Gasteiger partial charge in [-0.2, -0.15) is 0 Å². The van der Waals surface area contributed by atoms with Crippen molar-refractivity contribution in [2.24, 2.45) is 0 Å². The standard InChI is InChI=1S/C29H26N2O3/c1-18-7-11-20(12-8-18)26-25(27(32)21-13-9-19(2)10-14-21)28(33)29(34)31(26)16-15-22-17-30-24-6-4-3-5-23(22)24/h3-14,17,26,30,32H,15-16H2,1-2H3. The van der Waals surface area contributed by atoms with Crippen molar-refractivity contribution in [3.8, 4) is 0 Å². The normalized spacial score (nSPS) is 17.6. The number of amides is 1. The summed E-state index contributed by atoms with van der Waals surface area (Å²) in [5.41, 5.74) is 5.71. The van der Waals surface area contributed by atoms with E-state index in [1.165, 1.54) is 0 Å². The Balaban J connectivity index is 1.56. The molecule has 170 valence electrons. The van der Waals surface area contributed by atoms with E-state index in [0.29, 0.717) is 18.5 Å².